The van der Waals surface area contributed by atoms with Gasteiger partial charge in [-0.2, -0.15) is 0 Å². The number of rotatable bonds is 6. The molecule has 0 saturated heterocycles. The number of aromatic nitrogens is 1. The molecule has 10 heteroatoms. The summed E-state index contributed by atoms with van der Waals surface area (Å²) in [6.45, 7) is -0.551. The Hall–Kier alpha value is -3.25. The van der Waals surface area contributed by atoms with Gasteiger partial charge in [0.15, 0.2) is 5.69 Å². The van der Waals surface area contributed by atoms with Gasteiger partial charge >= 0.3 is 0 Å². The van der Waals surface area contributed by atoms with Crippen LogP contribution < -0.4 is 4.31 Å². The monoisotopic (exact) mass is 560 g/mol. The molecule has 0 bridgehead atoms. The minimum absolute atomic E-state index is 0.0533. The van der Waals surface area contributed by atoms with Gasteiger partial charge in [-0.1, -0.05) is 36.4 Å². The van der Waals surface area contributed by atoms with E-state index in [1.165, 1.54) is 12.1 Å². The summed E-state index contributed by atoms with van der Waals surface area (Å²) < 4.78 is 28.5. The zero-order valence-corrected chi connectivity index (χ0v) is 19.5. The second kappa shape index (κ2) is 9.09. The molecule has 1 heterocycles. The molecule has 0 saturated carbocycles. The number of sulfonamides is 1. The third kappa shape index (κ3) is 4.50. The highest BCUT2D eigenvalue weighted by Crippen LogP contribution is 2.35. The van der Waals surface area contributed by atoms with Crippen LogP contribution in [0.2, 0.25) is 0 Å². The van der Waals surface area contributed by atoms with Crippen molar-refractivity contribution >= 4 is 60.8 Å². The number of amides is 1. The van der Waals surface area contributed by atoms with Crippen LogP contribution in [0.15, 0.2) is 94.0 Å². The number of aromatic amines is 1. The number of nitrogens with zero attached hydrogens (tertiary/aromatic N) is 3. The summed E-state index contributed by atoms with van der Waals surface area (Å²) in [6.07, 6.45) is 0. The average Bonchev–Trinajstić information content (AvgIpc) is 3.12. The van der Waals surface area contributed by atoms with Crippen LogP contribution in [-0.2, 0) is 14.8 Å². The van der Waals surface area contributed by atoms with Gasteiger partial charge in [0.1, 0.15) is 6.54 Å². The van der Waals surface area contributed by atoms with Crippen LogP contribution in [-0.4, -0.2) is 31.0 Å². The van der Waals surface area contributed by atoms with E-state index in [4.69, 9.17) is 0 Å². The van der Waals surface area contributed by atoms with Crippen molar-refractivity contribution in [3.05, 3.63) is 82.4 Å². The minimum atomic E-state index is -4.02. The van der Waals surface area contributed by atoms with Crippen LogP contribution in [0.4, 0.5) is 11.4 Å². The topological polar surface area (TPSA) is 115 Å². The molecule has 0 aliphatic carbocycles. The van der Waals surface area contributed by atoms with E-state index < -0.39 is 22.5 Å². The van der Waals surface area contributed by atoms with E-state index in [0.29, 0.717) is 16.6 Å². The van der Waals surface area contributed by atoms with Gasteiger partial charge < -0.3 is 10.1 Å². The van der Waals surface area contributed by atoms with E-state index in [0.717, 1.165) is 7.88 Å². The number of carbonyl (C=O) groups excluding carboxylic acids is 1. The van der Waals surface area contributed by atoms with Crippen molar-refractivity contribution in [2.24, 2.45) is 10.2 Å². The normalized spacial score (nSPS) is 11.8. The molecule has 0 spiro atoms. The molecule has 0 unspecified atom stereocenters. The number of H-pyrrole nitrogens is 1. The van der Waals surface area contributed by atoms with E-state index in [1.54, 1.807) is 66.7 Å². The van der Waals surface area contributed by atoms with Gasteiger partial charge in [-0.3, -0.25) is 9.10 Å². The smallest absolute Gasteiger partial charge is 0.285 e. The number of benzene rings is 3. The molecule has 0 atom stereocenters. The Morgan fingerprint density at radius 3 is 2.34 bits per heavy atom. The van der Waals surface area contributed by atoms with Crippen molar-refractivity contribution in [2.45, 2.75) is 4.90 Å². The molecule has 3 aromatic carbocycles. The van der Waals surface area contributed by atoms with Crippen molar-refractivity contribution in [1.82, 2.24) is 4.98 Å². The summed E-state index contributed by atoms with van der Waals surface area (Å²) in [5.41, 5.74) is 1.08. The Balaban J connectivity index is 1.66. The number of carbonyl (C=O) groups is 1. The van der Waals surface area contributed by atoms with Gasteiger partial charge in [0.25, 0.3) is 15.9 Å². The van der Waals surface area contributed by atoms with Gasteiger partial charge in [0.2, 0.25) is 5.88 Å². The zero-order valence-electron chi connectivity index (χ0n) is 16.5. The Morgan fingerprint density at radius 1 is 0.969 bits per heavy atom. The second-order valence-corrected chi connectivity index (χ2v) is 9.87. The highest BCUT2D eigenvalue weighted by molar-refractivity contribution is 14.1. The molecule has 1 aromatic heterocycles. The molecule has 8 nitrogen and oxygen atoms in total. The highest BCUT2D eigenvalue weighted by atomic mass is 127. The molecule has 4 rings (SSSR count). The summed E-state index contributed by atoms with van der Waals surface area (Å²) in [5.74, 6) is -1.01. The zero-order chi connectivity index (χ0) is 22.7. The van der Waals surface area contributed by atoms with Gasteiger partial charge in [-0.15, -0.1) is 10.2 Å². The van der Waals surface area contributed by atoms with E-state index in [9.17, 15) is 18.3 Å². The standard InChI is InChI=1S/C22H17IN4O4S/c23-15-10-12-16(13-11-15)27(32(30,31)17-6-2-1-3-7-17)14-20(28)25-26-21-18-8-4-5-9-19(18)24-22(21)29/h1-13,24,29H,14H2. The molecule has 0 aliphatic rings. The first-order chi connectivity index (χ1) is 15.4. The highest BCUT2D eigenvalue weighted by Gasteiger charge is 2.27. The van der Waals surface area contributed by atoms with E-state index >= 15 is 0 Å². The van der Waals surface area contributed by atoms with Crippen LogP contribution in [0.5, 0.6) is 5.88 Å². The van der Waals surface area contributed by atoms with Crippen molar-refractivity contribution in [3.63, 3.8) is 0 Å². The predicted octanol–water partition coefficient (Wildman–Crippen LogP) is 4.98. The lowest BCUT2D eigenvalue weighted by Gasteiger charge is -2.23. The van der Waals surface area contributed by atoms with Crippen molar-refractivity contribution in [2.75, 3.05) is 10.8 Å². The second-order valence-electron chi connectivity index (χ2n) is 6.76. The average molecular weight is 560 g/mol. The fourth-order valence-corrected chi connectivity index (χ4v) is 4.91. The van der Waals surface area contributed by atoms with E-state index in [-0.39, 0.29) is 16.5 Å². The molecule has 0 radical (unpaired) electrons. The number of aromatic hydroxyl groups is 1. The number of hydrogen-bond acceptors (Lipinski definition) is 5. The number of fused-ring (bicyclic) bond motifs is 1. The molecule has 2 N–H and O–H groups in total. The van der Waals surface area contributed by atoms with Gasteiger partial charge in [-0.05, 0) is 65.1 Å². The fraction of sp³-hybridized carbons (Fsp3) is 0.0455. The van der Waals surface area contributed by atoms with E-state index in [2.05, 4.69) is 37.8 Å². The SMILES string of the molecule is O=C(CN(c1ccc(I)cc1)S(=O)(=O)c1ccccc1)N=Nc1c(O)[nH]c2ccccc12. The summed E-state index contributed by atoms with van der Waals surface area (Å²) >= 11 is 2.11. The number of hydrogen-bond donors (Lipinski definition) is 2. The van der Waals surface area contributed by atoms with Crippen molar-refractivity contribution in [1.29, 1.82) is 0 Å². The number of azo groups is 1. The summed E-state index contributed by atoms with van der Waals surface area (Å²) in [6, 6.07) is 21.6. The van der Waals surface area contributed by atoms with Crippen molar-refractivity contribution < 1.29 is 18.3 Å². The largest absolute Gasteiger partial charge is 0.493 e. The Bertz CT molecular complexity index is 1400. The molecule has 32 heavy (non-hydrogen) atoms. The first kappa shape index (κ1) is 22.0. The number of halogens is 1. The van der Waals surface area contributed by atoms with Crippen molar-refractivity contribution in [3.8, 4) is 5.88 Å². The molecular formula is C22H17IN4O4S. The third-order valence-corrected chi connectivity index (χ3v) is 7.15. The number of anilines is 1. The number of para-hydroxylation sites is 1. The van der Waals surface area contributed by atoms with Crippen LogP contribution in [0.1, 0.15) is 0 Å². The summed E-state index contributed by atoms with van der Waals surface area (Å²) in [4.78, 5) is 15.5. The summed E-state index contributed by atoms with van der Waals surface area (Å²) in [7, 11) is -4.02. The minimum Gasteiger partial charge on any atom is -0.493 e. The molecule has 4 aromatic rings. The molecule has 162 valence electrons. The lowest BCUT2D eigenvalue weighted by Crippen LogP contribution is -2.35. The number of nitrogens with one attached hydrogen (secondary N) is 1. The lowest BCUT2D eigenvalue weighted by atomic mass is 10.2. The van der Waals surface area contributed by atoms with Gasteiger partial charge in [0, 0.05) is 8.96 Å². The van der Waals surface area contributed by atoms with Gasteiger partial charge in [-0.25, -0.2) is 8.42 Å². The maximum Gasteiger partial charge on any atom is 0.285 e. The van der Waals surface area contributed by atoms with Crippen LogP contribution in [0.25, 0.3) is 10.9 Å². The summed E-state index contributed by atoms with van der Waals surface area (Å²) in [5, 5.41) is 18.2. The van der Waals surface area contributed by atoms with E-state index in [1.807, 2.05) is 0 Å². The third-order valence-electron chi connectivity index (χ3n) is 4.65. The van der Waals surface area contributed by atoms with Crippen LogP contribution >= 0.6 is 22.6 Å². The quantitative estimate of drug-likeness (QED) is 0.256. The fourth-order valence-electron chi connectivity index (χ4n) is 3.12. The first-order valence-corrected chi connectivity index (χ1v) is 12.0. The van der Waals surface area contributed by atoms with Crippen LogP contribution in [0.3, 0.4) is 0 Å². The molecule has 0 aliphatic heterocycles. The first-order valence-electron chi connectivity index (χ1n) is 9.44. The van der Waals surface area contributed by atoms with Gasteiger partial charge in [0.05, 0.1) is 16.1 Å². The predicted molar refractivity (Wildman–Crippen MR) is 130 cm³/mol. The maximum atomic E-state index is 13.3. The van der Waals surface area contributed by atoms with Crippen LogP contribution in [0, 0.1) is 3.57 Å². The Kier molecular flexibility index (Phi) is 6.24. The Morgan fingerprint density at radius 2 is 1.62 bits per heavy atom. The molecule has 0 fully saturated rings. The lowest BCUT2D eigenvalue weighted by molar-refractivity contribution is -0.116. The molecular weight excluding hydrogens is 543 g/mol. The Labute approximate surface area is 197 Å². The molecule has 1 amide bonds. The maximum absolute atomic E-state index is 13.3.